The summed E-state index contributed by atoms with van der Waals surface area (Å²) in [6.07, 6.45) is 0.441. The first-order valence-electron chi connectivity index (χ1n) is 5.66. The molecule has 0 atom stereocenters. The molecule has 0 radical (unpaired) electrons. The van der Waals surface area contributed by atoms with Crippen LogP contribution in [-0.4, -0.2) is 45.5 Å². The fraction of sp³-hybridized carbons (Fsp3) is 0.700. The van der Waals surface area contributed by atoms with Gasteiger partial charge in [0.2, 0.25) is 0 Å². The molecular formula is C10H17N3O4S. The van der Waals surface area contributed by atoms with Gasteiger partial charge in [-0.3, -0.25) is 0 Å². The van der Waals surface area contributed by atoms with E-state index in [1.807, 2.05) is 0 Å². The van der Waals surface area contributed by atoms with Gasteiger partial charge in [0.1, 0.15) is 0 Å². The quantitative estimate of drug-likeness (QED) is 0.804. The molecule has 1 aromatic rings. The lowest BCUT2D eigenvalue weighted by atomic mass is 10.2. The van der Waals surface area contributed by atoms with E-state index in [4.69, 9.17) is 5.11 Å². The maximum atomic E-state index is 11.7. The lowest BCUT2D eigenvalue weighted by Gasteiger charge is -2.08. The number of carbonyl (C=O) groups is 1. The molecule has 1 aromatic heterocycles. The number of carboxylic acids is 1. The third-order valence-corrected chi connectivity index (χ3v) is 4.87. The van der Waals surface area contributed by atoms with Crippen LogP contribution in [0, 0.1) is 0 Å². The monoisotopic (exact) mass is 275 g/mol. The van der Waals surface area contributed by atoms with Crippen LogP contribution in [0.25, 0.3) is 0 Å². The summed E-state index contributed by atoms with van der Waals surface area (Å²) in [5.74, 6) is -1.22. The van der Waals surface area contributed by atoms with E-state index in [9.17, 15) is 13.2 Å². The van der Waals surface area contributed by atoms with E-state index in [1.54, 1.807) is 20.8 Å². The van der Waals surface area contributed by atoms with Crippen LogP contribution in [-0.2, 0) is 22.8 Å². The molecule has 1 heterocycles. The third kappa shape index (κ3) is 3.06. The van der Waals surface area contributed by atoms with Crippen LogP contribution in [0.2, 0.25) is 0 Å². The predicted molar refractivity (Wildman–Crippen MR) is 65.3 cm³/mol. The minimum atomic E-state index is -3.17. The minimum Gasteiger partial charge on any atom is -0.476 e. The summed E-state index contributed by atoms with van der Waals surface area (Å²) in [5, 5.41) is 15.7. The molecule has 0 amide bonds. The van der Waals surface area contributed by atoms with Crippen LogP contribution in [0.4, 0.5) is 0 Å². The second-order valence-electron chi connectivity index (χ2n) is 4.18. The highest BCUT2D eigenvalue weighted by Crippen LogP contribution is 2.08. The highest BCUT2D eigenvalue weighted by molar-refractivity contribution is 7.91. The number of nitrogens with zero attached hydrogens (tertiary/aromatic N) is 3. The molecule has 7 nitrogen and oxygen atoms in total. The number of rotatable bonds is 6. The molecule has 0 aliphatic rings. The topological polar surface area (TPSA) is 102 Å². The molecule has 0 unspecified atom stereocenters. The summed E-state index contributed by atoms with van der Waals surface area (Å²) >= 11 is 0. The molecule has 0 aromatic carbocycles. The van der Waals surface area contributed by atoms with E-state index in [1.165, 1.54) is 4.68 Å². The Morgan fingerprint density at radius 3 is 2.50 bits per heavy atom. The first-order chi connectivity index (χ1) is 8.29. The summed E-state index contributed by atoms with van der Waals surface area (Å²) < 4.78 is 24.7. The number of aryl methyl sites for hydroxylation is 1. The zero-order chi connectivity index (χ0) is 13.9. The van der Waals surface area contributed by atoms with Gasteiger partial charge >= 0.3 is 5.97 Å². The van der Waals surface area contributed by atoms with Gasteiger partial charge in [0.15, 0.2) is 15.5 Å². The zero-order valence-corrected chi connectivity index (χ0v) is 11.4. The summed E-state index contributed by atoms with van der Waals surface area (Å²) in [5.41, 5.74) is 0.334. The van der Waals surface area contributed by atoms with E-state index in [2.05, 4.69) is 10.3 Å². The lowest BCUT2D eigenvalue weighted by molar-refractivity contribution is 0.0689. The van der Waals surface area contributed by atoms with Crippen molar-refractivity contribution in [1.82, 2.24) is 15.0 Å². The molecule has 8 heteroatoms. The largest absolute Gasteiger partial charge is 0.476 e. The van der Waals surface area contributed by atoms with Gasteiger partial charge in [0.05, 0.1) is 23.2 Å². The van der Waals surface area contributed by atoms with Crippen molar-refractivity contribution < 1.29 is 18.3 Å². The Hall–Kier alpha value is -1.44. The molecular weight excluding hydrogens is 258 g/mol. The summed E-state index contributed by atoms with van der Waals surface area (Å²) in [7, 11) is -3.17. The van der Waals surface area contributed by atoms with Crippen molar-refractivity contribution in [2.45, 2.75) is 39.0 Å². The van der Waals surface area contributed by atoms with Crippen molar-refractivity contribution in [3.8, 4) is 0 Å². The van der Waals surface area contributed by atoms with Gasteiger partial charge in [0.25, 0.3) is 0 Å². The predicted octanol–water partition coefficient (Wildman–Crippen LogP) is 0.362. The first-order valence-corrected chi connectivity index (χ1v) is 7.38. The highest BCUT2D eigenvalue weighted by Gasteiger charge is 2.20. The van der Waals surface area contributed by atoms with Crippen molar-refractivity contribution in [2.24, 2.45) is 0 Å². The molecule has 1 rings (SSSR count). The maximum absolute atomic E-state index is 11.7. The molecule has 0 saturated heterocycles. The first kappa shape index (κ1) is 14.6. The van der Waals surface area contributed by atoms with Gasteiger partial charge in [-0.15, -0.1) is 5.10 Å². The molecule has 0 saturated carbocycles. The number of sulfone groups is 1. The Kier molecular flexibility index (Phi) is 4.44. The normalized spacial score (nSPS) is 12.0. The Morgan fingerprint density at radius 2 is 2.06 bits per heavy atom. The number of carboxylic acid groups (broad SMARTS) is 1. The van der Waals surface area contributed by atoms with Crippen molar-refractivity contribution in [1.29, 1.82) is 0 Å². The molecule has 0 spiro atoms. The van der Waals surface area contributed by atoms with E-state index in [0.29, 0.717) is 12.1 Å². The Balaban J connectivity index is 2.90. The summed E-state index contributed by atoms with van der Waals surface area (Å²) in [4.78, 5) is 10.9. The summed E-state index contributed by atoms with van der Waals surface area (Å²) in [6.45, 7) is 5.13. The third-order valence-electron chi connectivity index (χ3n) is 2.68. The van der Waals surface area contributed by atoms with Gasteiger partial charge in [-0.2, -0.15) is 0 Å². The van der Waals surface area contributed by atoms with Crippen LogP contribution in [0.1, 0.15) is 37.0 Å². The van der Waals surface area contributed by atoms with E-state index in [-0.39, 0.29) is 18.0 Å². The van der Waals surface area contributed by atoms with Gasteiger partial charge < -0.3 is 5.11 Å². The number of aromatic nitrogens is 3. The second-order valence-corrected chi connectivity index (χ2v) is 6.86. The molecule has 0 aliphatic carbocycles. The van der Waals surface area contributed by atoms with Gasteiger partial charge in [-0.1, -0.05) is 12.1 Å². The number of hydrogen-bond acceptors (Lipinski definition) is 5. The Labute approximate surface area is 106 Å². The van der Waals surface area contributed by atoms with Crippen molar-refractivity contribution >= 4 is 15.8 Å². The van der Waals surface area contributed by atoms with Gasteiger partial charge in [-0.25, -0.2) is 17.9 Å². The standard InChI is InChI=1S/C10H17N3O4S/c1-4-8-9(10(14)15)11-12-13(8)5-6-18(16,17)7(2)3/h7H,4-6H2,1-3H3,(H,14,15). The summed E-state index contributed by atoms with van der Waals surface area (Å²) in [6, 6.07) is 0. The van der Waals surface area contributed by atoms with E-state index >= 15 is 0 Å². The molecule has 0 aliphatic heterocycles. The fourth-order valence-corrected chi connectivity index (χ4v) is 2.38. The SMILES string of the molecule is CCc1c(C(=O)O)nnn1CCS(=O)(=O)C(C)C. The average molecular weight is 275 g/mol. The smallest absolute Gasteiger partial charge is 0.358 e. The van der Waals surface area contributed by atoms with Crippen molar-refractivity contribution in [3.63, 3.8) is 0 Å². The van der Waals surface area contributed by atoms with Gasteiger partial charge in [-0.05, 0) is 20.3 Å². The minimum absolute atomic E-state index is 0.0694. The zero-order valence-electron chi connectivity index (χ0n) is 10.6. The second kappa shape index (κ2) is 5.47. The lowest BCUT2D eigenvalue weighted by Crippen LogP contribution is -2.22. The number of aromatic carboxylic acids is 1. The van der Waals surface area contributed by atoms with Crippen LogP contribution >= 0.6 is 0 Å². The average Bonchev–Trinajstić information content (AvgIpc) is 2.69. The van der Waals surface area contributed by atoms with E-state index in [0.717, 1.165) is 0 Å². The van der Waals surface area contributed by atoms with Crippen molar-refractivity contribution in [3.05, 3.63) is 11.4 Å². The molecule has 1 N–H and O–H groups in total. The molecule has 0 fully saturated rings. The van der Waals surface area contributed by atoms with Crippen LogP contribution in [0.5, 0.6) is 0 Å². The Bertz CT molecular complexity index is 533. The van der Waals surface area contributed by atoms with Crippen LogP contribution in [0.15, 0.2) is 0 Å². The van der Waals surface area contributed by atoms with Gasteiger partial charge in [0, 0.05) is 0 Å². The number of hydrogen-bond donors (Lipinski definition) is 1. The fourth-order valence-electron chi connectivity index (χ4n) is 1.48. The van der Waals surface area contributed by atoms with Crippen LogP contribution < -0.4 is 0 Å². The van der Waals surface area contributed by atoms with Crippen molar-refractivity contribution in [2.75, 3.05) is 5.75 Å². The Morgan fingerprint density at radius 1 is 1.44 bits per heavy atom. The molecule has 0 bridgehead atoms. The molecule has 18 heavy (non-hydrogen) atoms. The highest BCUT2D eigenvalue weighted by atomic mass is 32.2. The van der Waals surface area contributed by atoms with Crippen LogP contribution in [0.3, 0.4) is 0 Å². The maximum Gasteiger partial charge on any atom is 0.358 e. The molecule has 102 valence electrons. The van der Waals surface area contributed by atoms with E-state index < -0.39 is 21.1 Å².